The molecular weight excluding hydrogens is 214 g/mol. The van der Waals surface area contributed by atoms with Gasteiger partial charge in [0.05, 0.1) is 13.2 Å². The van der Waals surface area contributed by atoms with Gasteiger partial charge in [-0.3, -0.25) is 9.80 Å². The summed E-state index contributed by atoms with van der Waals surface area (Å²) < 4.78 is 5.43. The highest BCUT2D eigenvalue weighted by Crippen LogP contribution is 2.36. The van der Waals surface area contributed by atoms with Gasteiger partial charge < -0.3 is 10.5 Å². The lowest BCUT2D eigenvalue weighted by Crippen LogP contribution is -2.47. The number of morpholine rings is 1. The molecule has 0 aromatic heterocycles. The molecule has 3 aliphatic rings. The summed E-state index contributed by atoms with van der Waals surface area (Å²) in [6, 6.07) is 1.42. The van der Waals surface area contributed by atoms with Gasteiger partial charge in [0.2, 0.25) is 0 Å². The first-order valence-electron chi connectivity index (χ1n) is 7.14. The summed E-state index contributed by atoms with van der Waals surface area (Å²) in [6.07, 6.45) is 4.13. The van der Waals surface area contributed by atoms with E-state index >= 15 is 0 Å². The Kier molecular flexibility index (Phi) is 3.66. The van der Waals surface area contributed by atoms with Crippen molar-refractivity contribution in [2.24, 2.45) is 11.7 Å². The topological polar surface area (TPSA) is 41.7 Å². The summed E-state index contributed by atoms with van der Waals surface area (Å²) in [6.45, 7) is 7.41. The third kappa shape index (κ3) is 2.65. The van der Waals surface area contributed by atoms with Crippen molar-refractivity contribution in [1.29, 1.82) is 0 Å². The van der Waals surface area contributed by atoms with Crippen LogP contribution >= 0.6 is 0 Å². The molecule has 4 heteroatoms. The first kappa shape index (κ1) is 11.9. The molecule has 0 spiro atoms. The fraction of sp³-hybridized carbons (Fsp3) is 1.00. The number of hydrogen-bond acceptors (Lipinski definition) is 4. The average molecular weight is 239 g/mol. The van der Waals surface area contributed by atoms with Crippen molar-refractivity contribution in [3.8, 4) is 0 Å². The van der Waals surface area contributed by atoms with E-state index in [-0.39, 0.29) is 0 Å². The SMILES string of the molecule is NCC(C1CC1)N1CCC(N2CCOCC2)C1. The third-order valence-electron chi connectivity index (χ3n) is 4.63. The molecule has 17 heavy (non-hydrogen) atoms. The second-order valence-corrected chi connectivity index (χ2v) is 5.73. The minimum atomic E-state index is 0.668. The molecule has 2 N–H and O–H groups in total. The van der Waals surface area contributed by atoms with E-state index in [0.717, 1.165) is 44.8 Å². The Hall–Kier alpha value is -0.160. The first-order valence-corrected chi connectivity index (χ1v) is 7.14. The van der Waals surface area contributed by atoms with Crippen molar-refractivity contribution in [2.75, 3.05) is 45.9 Å². The van der Waals surface area contributed by atoms with Gasteiger partial charge in [0.25, 0.3) is 0 Å². The van der Waals surface area contributed by atoms with Crippen LogP contribution in [0.5, 0.6) is 0 Å². The molecule has 0 aromatic rings. The Bertz CT molecular complexity index is 251. The van der Waals surface area contributed by atoms with Gasteiger partial charge in [0.1, 0.15) is 0 Å². The maximum atomic E-state index is 5.94. The van der Waals surface area contributed by atoms with E-state index in [1.165, 1.54) is 32.4 Å². The van der Waals surface area contributed by atoms with E-state index in [9.17, 15) is 0 Å². The lowest BCUT2D eigenvalue weighted by Gasteiger charge is -2.33. The summed E-state index contributed by atoms with van der Waals surface area (Å²) in [5.74, 6) is 0.906. The van der Waals surface area contributed by atoms with Crippen molar-refractivity contribution in [3.63, 3.8) is 0 Å². The minimum Gasteiger partial charge on any atom is -0.379 e. The molecule has 2 atom stereocenters. The number of likely N-dealkylation sites (tertiary alicyclic amines) is 1. The molecule has 1 aliphatic carbocycles. The van der Waals surface area contributed by atoms with Crippen LogP contribution in [0.4, 0.5) is 0 Å². The van der Waals surface area contributed by atoms with Crippen molar-refractivity contribution in [2.45, 2.75) is 31.3 Å². The van der Waals surface area contributed by atoms with E-state index in [1.54, 1.807) is 0 Å². The zero-order chi connectivity index (χ0) is 11.7. The van der Waals surface area contributed by atoms with E-state index in [1.807, 2.05) is 0 Å². The Balaban J connectivity index is 1.53. The quantitative estimate of drug-likeness (QED) is 0.757. The molecule has 4 nitrogen and oxygen atoms in total. The Labute approximate surface area is 104 Å². The van der Waals surface area contributed by atoms with Gasteiger partial charge in [-0.25, -0.2) is 0 Å². The highest BCUT2D eigenvalue weighted by Gasteiger charge is 2.38. The Morgan fingerprint density at radius 3 is 2.53 bits per heavy atom. The van der Waals surface area contributed by atoms with Crippen LogP contribution in [0.25, 0.3) is 0 Å². The predicted octanol–water partition coefficient (Wildman–Crippen LogP) is 0.130. The summed E-state index contributed by atoms with van der Waals surface area (Å²) in [7, 11) is 0. The van der Waals surface area contributed by atoms with Crippen LogP contribution < -0.4 is 5.73 Å². The van der Waals surface area contributed by atoms with Crippen LogP contribution in [-0.2, 0) is 4.74 Å². The van der Waals surface area contributed by atoms with Crippen LogP contribution in [0, 0.1) is 5.92 Å². The second-order valence-electron chi connectivity index (χ2n) is 5.73. The van der Waals surface area contributed by atoms with E-state index in [2.05, 4.69) is 9.80 Å². The van der Waals surface area contributed by atoms with Crippen molar-refractivity contribution < 1.29 is 4.74 Å². The molecule has 98 valence electrons. The van der Waals surface area contributed by atoms with Gasteiger partial charge in [-0.15, -0.1) is 0 Å². The largest absolute Gasteiger partial charge is 0.379 e. The maximum Gasteiger partial charge on any atom is 0.0594 e. The van der Waals surface area contributed by atoms with Crippen LogP contribution in [0.2, 0.25) is 0 Å². The summed E-state index contributed by atoms with van der Waals surface area (Å²) >= 11 is 0. The fourth-order valence-electron chi connectivity index (χ4n) is 3.43. The van der Waals surface area contributed by atoms with Gasteiger partial charge in [0.15, 0.2) is 0 Å². The van der Waals surface area contributed by atoms with E-state index in [4.69, 9.17) is 10.5 Å². The molecular formula is C13H25N3O. The molecule has 2 aliphatic heterocycles. The summed E-state index contributed by atoms with van der Waals surface area (Å²) in [5, 5.41) is 0. The van der Waals surface area contributed by atoms with Crippen molar-refractivity contribution >= 4 is 0 Å². The van der Waals surface area contributed by atoms with E-state index < -0.39 is 0 Å². The Morgan fingerprint density at radius 2 is 1.88 bits per heavy atom. The second kappa shape index (κ2) is 5.22. The van der Waals surface area contributed by atoms with Gasteiger partial charge in [-0.2, -0.15) is 0 Å². The normalized spacial score (nSPS) is 34.1. The molecule has 2 saturated heterocycles. The number of hydrogen-bond donors (Lipinski definition) is 1. The summed E-state index contributed by atoms with van der Waals surface area (Å²) in [5.41, 5.74) is 5.94. The minimum absolute atomic E-state index is 0.668. The van der Waals surface area contributed by atoms with E-state index in [0.29, 0.717) is 6.04 Å². The molecule has 2 heterocycles. The lowest BCUT2D eigenvalue weighted by molar-refractivity contribution is 0.0174. The Morgan fingerprint density at radius 1 is 1.12 bits per heavy atom. The predicted molar refractivity (Wildman–Crippen MR) is 67.9 cm³/mol. The van der Waals surface area contributed by atoms with Gasteiger partial charge in [-0.1, -0.05) is 0 Å². The summed E-state index contributed by atoms with van der Waals surface area (Å²) in [4.78, 5) is 5.27. The molecule has 0 amide bonds. The van der Waals surface area contributed by atoms with Crippen LogP contribution in [0.1, 0.15) is 19.3 Å². The number of rotatable bonds is 4. The van der Waals surface area contributed by atoms with Gasteiger partial charge in [0, 0.05) is 44.8 Å². The van der Waals surface area contributed by atoms with Crippen LogP contribution in [0.3, 0.4) is 0 Å². The molecule has 2 unspecified atom stereocenters. The standard InChI is InChI=1S/C13H25N3O/c14-9-13(11-1-2-11)16-4-3-12(10-16)15-5-7-17-8-6-15/h11-13H,1-10,14H2. The van der Waals surface area contributed by atoms with Gasteiger partial charge >= 0.3 is 0 Å². The zero-order valence-electron chi connectivity index (χ0n) is 10.7. The van der Waals surface area contributed by atoms with Gasteiger partial charge in [-0.05, 0) is 25.2 Å². The van der Waals surface area contributed by atoms with Crippen molar-refractivity contribution in [1.82, 2.24) is 9.80 Å². The number of ether oxygens (including phenoxy) is 1. The van der Waals surface area contributed by atoms with Crippen LogP contribution in [-0.4, -0.2) is 67.8 Å². The monoisotopic (exact) mass is 239 g/mol. The highest BCUT2D eigenvalue weighted by atomic mass is 16.5. The molecule has 1 saturated carbocycles. The fourth-order valence-corrected chi connectivity index (χ4v) is 3.43. The third-order valence-corrected chi connectivity index (χ3v) is 4.63. The molecule has 0 radical (unpaired) electrons. The smallest absolute Gasteiger partial charge is 0.0594 e. The highest BCUT2D eigenvalue weighted by molar-refractivity contribution is 4.94. The zero-order valence-corrected chi connectivity index (χ0v) is 10.7. The maximum absolute atomic E-state index is 5.94. The molecule has 0 aromatic carbocycles. The van der Waals surface area contributed by atoms with Crippen molar-refractivity contribution in [3.05, 3.63) is 0 Å². The number of nitrogens with zero attached hydrogens (tertiary/aromatic N) is 2. The lowest BCUT2D eigenvalue weighted by atomic mass is 10.1. The molecule has 3 rings (SSSR count). The average Bonchev–Trinajstić information content (AvgIpc) is 3.09. The first-order chi connectivity index (χ1) is 8.38. The van der Waals surface area contributed by atoms with Crippen LogP contribution in [0.15, 0.2) is 0 Å². The molecule has 0 bridgehead atoms. The molecule has 3 fully saturated rings. The number of nitrogens with two attached hydrogens (primary N) is 1.